The smallest absolute Gasteiger partial charge is 0.330 e. The number of carbonyl (C=O) groups excluding carboxylic acids is 1. The zero-order valence-electron chi connectivity index (χ0n) is 9.81. The minimum atomic E-state index is -0.401. The summed E-state index contributed by atoms with van der Waals surface area (Å²) >= 11 is 0. The number of ether oxygens (including phenoxy) is 3. The van der Waals surface area contributed by atoms with Crippen molar-refractivity contribution in [2.75, 3.05) is 26.4 Å². The van der Waals surface area contributed by atoms with E-state index in [0.717, 1.165) is 6.08 Å². The highest BCUT2D eigenvalue weighted by Crippen LogP contribution is 1.98. The lowest BCUT2D eigenvalue weighted by Crippen LogP contribution is -2.16. The number of carbonyl (C=O) groups is 1. The van der Waals surface area contributed by atoms with Crippen molar-refractivity contribution in [3.8, 4) is 0 Å². The van der Waals surface area contributed by atoms with Crippen LogP contribution in [0.2, 0.25) is 0 Å². The summed E-state index contributed by atoms with van der Waals surface area (Å²) in [5.41, 5.74) is 0. The summed E-state index contributed by atoms with van der Waals surface area (Å²) in [6.07, 6.45) is 3.55. The second-order valence-corrected chi connectivity index (χ2v) is 3.21. The highest BCUT2D eigenvalue weighted by atomic mass is 16.5. The van der Waals surface area contributed by atoms with Crippen molar-refractivity contribution in [2.45, 2.75) is 19.4 Å². The van der Waals surface area contributed by atoms with E-state index in [4.69, 9.17) is 14.2 Å². The van der Waals surface area contributed by atoms with Gasteiger partial charge in [0.1, 0.15) is 0 Å². The molecule has 92 valence electrons. The first-order chi connectivity index (χ1) is 7.70. The van der Waals surface area contributed by atoms with Gasteiger partial charge >= 0.3 is 5.97 Å². The Morgan fingerprint density at radius 2 is 2.06 bits per heavy atom. The fourth-order valence-electron chi connectivity index (χ4n) is 0.943. The molecule has 0 saturated heterocycles. The minimum absolute atomic E-state index is 0.0462. The molecule has 1 unspecified atom stereocenters. The van der Waals surface area contributed by atoms with Gasteiger partial charge < -0.3 is 14.2 Å². The van der Waals surface area contributed by atoms with Crippen LogP contribution in [-0.4, -0.2) is 38.5 Å². The van der Waals surface area contributed by atoms with Crippen LogP contribution in [0.3, 0.4) is 0 Å². The van der Waals surface area contributed by atoms with Crippen LogP contribution < -0.4 is 0 Å². The summed E-state index contributed by atoms with van der Waals surface area (Å²) < 4.78 is 15.4. The van der Waals surface area contributed by atoms with E-state index in [9.17, 15) is 4.79 Å². The van der Waals surface area contributed by atoms with Crippen LogP contribution in [0.5, 0.6) is 0 Å². The van der Waals surface area contributed by atoms with Gasteiger partial charge in [0.25, 0.3) is 0 Å². The van der Waals surface area contributed by atoms with Gasteiger partial charge in [-0.3, -0.25) is 0 Å². The second-order valence-electron chi connectivity index (χ2n) is 3.21. The molecule has 0 aliphatic rings. The Balaban J connectivity index is 3.30. The van der Waals surface area contributed by atoms with E-state index in [1.165, 1.54) is 0 Å². The van der Waals surface area contributed by atoms with Gasteiger partial charge in [-0.25, -0.2) is 4.79 Å². The molecule has 0 heterocycles. The zero-order valence-corrected chi connectivity index (χ0v) is 9.81. The first kappa shape index (κ1) is 14.9. The first-order valence-electron chi connectivity index (χ1n) is 5.30. The topological polar surface area (TPSA) is 44.8 Å². The van der Waals surface area contributed by atoms with E-state index in [0.29, 0.717) is 32.8 Å². The summed E-state index contributed by atoms with van der Waals surface area (Å²) in [5, 5.41) is 0. The van der Waals surface area contributed by atoms with Gasteiger partial charge in [-0.1, -0.05) is 12.7 Å². The van der Waals surface area contributed by atoms with Gasteiger partial charge in [-0.15, -0.1) is 6.58 Å². The summed E-state index contributed by atoms with van der Waals surface area (Å²) in [6, 6.07) is 0. The molecule has 0 rings (SSSR count). The second kappa shape index (κ2) is 10.4. The van der Waals surface area contributed by atoms with Crippen molar-refractivity contribution >= 4 is 5.97 Å². The molecule has 4 nitrogen and oxygen atoms in total. The Bertz CT molecular complexity index is 213. The minimum Gasteiger partial charge on any atom is -0.462 e. The normalized spacial score (nSPS) is 11.8. The number of rotatable bonds is 10. The van der Waals surface area contributed by atoms with Gasteiger partial charge in [-0.2, -0.15) is 0 Å². The molecule has 0 aromatic rings. The number of esters is 1. The van der Waals surface area contributed by atoms with Crippen molar-refractivity contribution in [2.24, 2.45) is 0 Å². The zero-order chi connectivity index (χ0) is 12.2. The molecule has 0 aromatic heterocycles. The fourth-order valence-corrected chi connectivity index (χ4v) is 0.943. The van der Waals surface area contributed by atoms with Crippen LogP contribution in [0.4, 0.5) is 0 Å². The number of hydrogen-bond acceptors (Lipinski definition) is 4. The predicted molar refractivity (Wildman–Crippen MR) is 62.2 cm³/mol. The maximum atomic E-state index is 10.7. The lowest BCUT2D eigenvalue weighted by atomic mass is 10.3. The Morgan fingerprint density at radius 1 is 1.31 bits per heavy atom. The molecular formula is C12H20O4. The van der Waals surface area contributed by atoms with Crippen molar-refractivity contribution in [1.82, 2.24) is 0 Å². The fraction of sp³-hybridized carbons (Fsp3) is 0.583. The summed E-state index contributed by atoms with van der Waals surface area (Å²) in [7, 11) is 0. The monoisotopic (exact) mass is 228 g/mol. The van der Waals surface area contributed by atoms with Crippen LogP contribution in [-0.2, 0) is 19.0 Å². The third kappa shape index (κ3) is 9.43. The Kier molecular flexibility index (Phi) is 9.66. The maximum absolute atomic E-state index is 10.7. The standard InChI is InChI=1S/C12H20O4/c1-4-7-14-9-10-15-11(3)6-8-16-12(13)5-2/h4-5,11H,1-2,6-10H2,3H3. The van der Waals surface area contributed by atoms with Crippen molar-refractivity contribution in [3.63, 3.8) is 0 Å². The molecule has 0 aliphatic carbocycles. The molecular weight excluding hydrogens is 208 g/mol. The van der Waals surface area contributed by atoms with Gasteiger partial charge in [0.05, 0.1) is 32.5 Å². The quantitative estimate of drug-likeness (QED) is 0.247. The number of hydrogen-bond donors (Lipinski definition) is 0. The van der Waals surface area contributed by atoms with Crippen LogP contribution >= 0.6 is 0 Å². The molecule has 0 aromatic carbocycles. The molecule has 0 N–H and O–H groups in total. The van der Waals surface area contributed by atoms with Crippen molar-refractivity contribution < 1.29 is 19.0 Å². The molecule has 0 aliphatic heterocycles. The highest BCUT2D eigenvalue weighted by molar-refractivity contribution is 5.81. The SMILES string of the molecule is C=CCOCCOC(C)CCOC(=O)C=C. The lowest BCUT2D eigenvalue weighted by molar-refractivity contribution is -0.138. The van der Waals surface area contributed by atoms with Crippen LogP contribution in [0.25, 0.3) is 0 Å². The molecule has 0 radical (unpaired) electrons. The van der Waals surface area contributed by atoms with E-state index in [1.807, 2.05) is 6.92 Å². The molecule has 0 fully saturated rings. The van der Waals surface area contributed by atoms with Gasteiger partial charge in [-0.05, 0) is 6.92 Å². The summed E-state index contributed by atoms with van der Waals surface area (Å²) in [4.78, 5) is 10.7. The average Bonchev–Trinajstić information content (AvgIpc) is 2.28. The molecule has 0 spiro atoms. The third-order valence-electron chi connectivity index (χ3n) is 1.80. The van der Waals surface area contributed by atoms with E-state index in [2.05, 4.69) is 13.2 Å². The van der Waals surface area contributed by atoms with Crippen LogP contribution in [0.1, 0.15) is 13.3 Å². The molecule has 1 atom stereocenters. The molecule has 0 amide bonds. The highest BCUT2D eigenvalue weighted by Gasteiger charge is 2.03. The van der Waals surface area contributed by atoms with Crippen LogP contribution in [0, 0.1) is 0 Å². The summed E-state index contributed by atoms with van der Waals surface area (Å²) in [6.45, 7) is 10.7. The Labute approximate surface area is 96.9 Å². The maximum Gasteiger partial charge on any atom is 0.330 e. The molecule has 0 bridgehead atoms. The van der Waals surface area contributed by atoms with E-state index < -0.39 is 5.97 Å². The molecule has 0 saturated carbocycles. The van der Waals surface area contributed by atoms with E-state index >= 15 is 0 Å². The van der Waals surface area contributed by atoms with Crippen molar-refractivity contribution in [1.29, 1.82) is 0 Å². The van der Waals surface area contributed by atoms with Gasteiger partial charge in [0.15, 0.2) is 0 Å². The van der Waals surface area contributed by atoms with E-state index in [-0.39, 0.29) is 6.10 Å². The third-order valence-corrected chi connectivity index (χ3v) is 1.80. The molecule has 4 heteroatoms. The van der Waals surface area contributed by atoms with E-state index in [1.54, 1.807) is 6.08 Å². The predicted octanol–water partition coefficient (Wildman–Crippen LogP) is 1.71. The lowest BCUT2D eigenvalue weighted by Gasteiger charge is -2.12. The average molecular weight is 228 g/mol. The van der Waals surface area contributed by atoms with Gasteiger partial charge in [0, 0.05) is 12.5 Å². The first-order valence-corrected chi connectivity index (χ1v) is 5.30. The van der Waals surface area contributed by atoms with Crippen LogP contribution in [0.15, 0.2) is 25.3 Å². The van der Waals surface area contributed by atoms with Crippen molar-refractivity contribution in [3.05, 3.63) is 25.3 Å². The van der Waals surface area contributed by atoms with Gasteiger partial charge in [0.2, 0.25) is 0 Å². The largest absolute Gasteiger partial charge is 0.462 e. The summed E-state index contributed by atoms with van der Waals surface area (Å²) in [5.74, 6) is -0.401. The Morgan fingerprint density at radius 3 is 2.69 bits per heavy atom. The molecule has 16 heavy (non-hydrogen) atoms. The Hall–Kier alpha value is -1.13.